The second-order valence-electron chi connectivity index (χ2n) is 6.03. The molecule has 2 aromatic rings. The number of benzene rings is 1. The van der Waals surface area contributed by atoms with Crippen LogP contribution in [0.1, 0.15) is 17.7 Å². The topological polar surface area (TPSA) is 59.5 Å². The lowest BCUT2D eigenvalue weighted by Gasteiger charge is -2.18. The Morgan fingerprint density at radius 1 is 1.19 bits per heavy atom. The van der Waals surface area contributed by atoms with Crippen LogP contribution in [0, 0.1) is 6.92 Å². The zero-order chi connectivity index (χ0) is 18.9. The molecule has 5 nitrogen and oxygen atoms in total. The molecule has 0 bridgehead atoms. The summed E-state index contributed by atoms with van der Waals surface area (Å²) in [7, 11) is -4.02. The van der Waals surface area contributed by atoms with Gasteiger partial charge < -0.3 is 4.74 Å². The van der Waals surface area contributed by atoms with E-state index in [0.717, 1.165) is 22.1 Å². The number of rotatable bonds is 4. The molecular formula is C17H17F3N2O3S. The number of hydrogen-bond acceptors (Lipinski definition) is 4. The largest absolute Gasteiger partial charge is 0.473 e. The van der Waals surface area contributed by atoms with Gasteiger partial charge in [-0.05, 0) is 37.6 Å². The summed E-state index contributed by atoms with van der Waals surface area (Å²) < 4.78 is 70.7. The van der Waals surface area contributed by atoms with Crippen molar-refractivity contribution in [1.82, 2.24) is 9.29 Å². The van der Waals surface area contributed by atoms with Crippen LogP contribution in [0.2, 0.25) is 0 Å². The Labute approximate surface area is 149 Å². The maximum Gasteiger partial charge on any atom is 0.416 e. The molecule has 1 fully saturated rings. The molecule has 1 atom stereocenters. The molecule has 0 amide bonds. The van der Waals surface area contributed by atoms with Gasteiger partial charge in [0.05, 0.1) is 17.0 Å². The van der Waals surface area contributed by atoms with Gasteiger partial charge in [-0.25, -0.2) is 13.4 Å². The molecule has 0 spiro atoms. The third-order valence-electron chi connectivity index (χ3n) is 4.06. The third kappa shape index (κ3) is 3.99. The van der Waals surface area contributed by atoms with E-state index < -0.39 is 27.9 Å². The summed E-state index contributed by atoms with van der Waals surface area (Å²) in [5.41, 5.74) is -0.219. The summed E-state index contributed by atoms with van der Waals surface area (Å²) in [5.74, 6) is 0.397. The van der Waals surface area contributed by atoms with Gasteiger partial charge in [-0.3, -0.25) is 0 Å². The second-order valence-corrected chi connectivity index (χ2v) is 7.97. The Bertz CT molecular complexity index is 900. The molecule has 140 valence electrons. The summed E-state index contributed by atoms with van der Waals surface area (Å²) in [6.45, 7) is 2.05. The molecule has 26 heavy (non-hydrogen) atoms. The van der Waals surface area contributed by atoms with E-state index >= 15 is 0 Å². The quantitative estimate of drug-likeness (QED) is 0.809. The number of nitrogens with zero attached hydrogens (tertiary/aromatic N) is 2. The molecule has 9 heteroatoms. The van der Waals surface area contributed by atoms with Crippen LogP contribution >= 0.6 is 0 Å². The summed E-state index contributed by atoms with van der Waals surface area (Å²) in [6.07, 6.45) is -4.56. The summed E-state index contributed by atoms with van der Waals surface area (Å²) in [6, 6.07) is 9.04. The van der Waals surface area contributed by atoms with Crippen molar-refractivity contribution in [3.63, 3.8) is 0 Å². The van der Waals surface area contributed by atoms with Crippen LogP contribution < -0.4 is 4.74 Å². The van der Waals surface area contributed by atoms with Crippen molar-refractivity contribution >= 4 is 10.0 Å². The molecule has 2 heterocycles. The van der Waals surface area contributed by atoms with Crippen molar-refractivity contribution in [2.45, 2.75) is 30.5 Å². The minimum atomic E-state index is -4.60. The molecule has 1 aromatic heterocycles. The first-order chi connectivity index (χ1) is 12.2. The minimum Gasteiger partial charge on any atom is -0.473 e. The molecule has 0 unspecified atom stereocenters. The lowest BCUT2D eigenvalue weighted by molar-refractivity contribution is -0.137. The van der Waals surface area contributed by atoms with Crippen LogP contribution in [0.25, 0.3) is 0 Å². The highest BCUT2D eigenvalue weighted by Crippen LogP contribution is 2.32. The standard InChI is InChI=1S/C17H17F3N2O3S/c1-12-4-2-7-16(21-12)25-14-8-9-22(11-14)26(23,24)15-6-3-5-13(10-15)17(18,19)20/h2-7,10,14H,8-9,11H2,1H3/t14-/m1/s1. The van der Waals surface area contributed by atoms with E-state index in [1.807, 2.05) is 13.0 Å². The Morgan fingerprint density at radius 3 is 2.62 bits per heavy atom. The Kier molecular flexibility index (Phi) is 4.94. The fourth-order valence-electron chi connectivity index (χ4n) is 2.75. The first kappa shape index (κ1) is 18.7. The predicted octanol–water partition coefficient (Wildman–Crippen LogP) is 3.25. The number of alkyl halides is 3. The Morgan fingerprint density at radius 2 is 1.92 bits per heavy atom. The van der Waals surface area contributed by atoms with E-state index in [-0.39, 0.29) is 18.0 Å². The van der Waals surface area contributed by atoms with Crippen molar-refractivity contribution < 1.29 is 26.3 Å². The van der Waals surface area contributed by atoms with Gasteiger partial charge in [0.1, 0.15) is 6.10 Å². The van der Waals surface area contributed by atoms with Crippen molar-refractivity contribution in [3.05, 3.63) is 53.7 Å². The van der Waals surface area contributed by atoms with Gasteiger partial charge in [-0.15, -0.1) is 0 Å². The SMILES string of the molecule is Cc1cccc(O[C@@H]2CCN(S(=O)(=O)c3cccc(C(F)(F)F)c3)C2)n1. The average Bonchev–Trinajstić information content (AvgIpc) is 3.03. The van der Waals surface area contributed by atoms with Gasteiger partial charge in [-0.2, -0.15) is 17.5 Å². The molecule has 1 aliphatic rings. The van der Waals surface area contributed by atoms with Crippen LogP contribution in [0.3, 0.4) is 0 Å². The van der Waals surface area contributed by atoms with E-state index in [1.165, 1.54) is 6.07 Å². The van der Waals surface area contributed by atoms with E-state index in [0.29, 0.717) is 18.4 Å². The smallest absolute Gasteiger partial charge is 0.416 e. The van der Waals surface area contributed by atoms with Gasteiger partial charge in [0.25, 0.3) is 0 Å². The monoisotopic (exact) mass is 386 g/mol. The highest BCUT2D eigenvalue weighted by Gasteiger charge is 2.36. The average molecular weight is 386 g/mol. The zero-order valence-corrected chi connectivity index (χ0v) is 14.7. The molecule has 3 rings (SSSR count). The first-order valence-electron chi connectivity index (χ1n) is 7.94. The summed E-state index contributed by atoms with van der Waals surface area (Å²) in [5, 5.41) is 0. The lowest BCUT2D eigenvalue weighted by atomic mass is 10.2. The Balaban J connectivity index is 1.75. The Hall–Kier alpha value is -2.13. The number of hydrogen-bond donors (Lipinski definition) is 0. The highest BCUT2D eigenvalue weighted by atomic mass is 32.2. The lowest BCUT2D eigenvalue weighted by Crippen LogP contribution is -2.31. The van der Waals surface area contributed by atoms with Crippen molar-refractivity contribution in [3.8, 4) is 5.88 Å². The predicted molar refractivity (Wildman–Crippen MR) is 88.2 cm³/mol. The molecule has 1 aromatic carbocycles. The van der Waals surface area contributed by atoms with E-state index in [9.17, 15) is 21.6 Å². The number of aromatic nitrogens is 1. The third-order valence-corrected chi connectivity index (χ3v) is 5.92. The molecular weight excluding hydrogens is 369 g/mol. The minimum absolute atomic E-state index is 0.0637. The number of pyridine rings is 1. The van der Waals surface area contributed by atoms with Crippen LogP contribution in [-0.2, 0) is 16.2 Å². The fourth-order valence-corrected chi connectivity index (χ4v) is 4.28. The fraction of sp³-hybridized carbons (Fsp3) is 0.353. The molecule has 0 N–H and O–H groups in total. The van der Waals surface area contributed by atoms with E-state index in [2.05, 4.69) is 4.98 Å². The van der Waals surface area contributed by atoms with Crippen LogP contribution in [-0.4, -0.2) is 36.9 Å². The zero-order valence-electron chi connectivity index (χ0n) is 13.9. The van der Waals surface area contributed by atoms with Crippen molar-refractivity contribution in [2.24, 2.45) is 0 Å². The van der Waals surface area contributed by atoms with E-state index in [4.69, 9.17) is 4.74 Å². The normalized spacial score (nSPS) is 18.8. The van der Waals surface area contributed by atoms with Crippen molar-refractivity contribution in [1.29, 1.82) is 0 Å². The molecule has 0 radical (unpaired) electrons. The van der Waals surface area contributed by atoms with Crippen LogP contribution in [0.4, 0.5) is 13.2 Å². The van der Waals surface area contributed by atoms with Gasteiger partial charge in [-0.1, -0.05) is 12.1 Å². The maximum absolute atomic E-state index is 12.8. The molecule has 0 aliphatic carbocycles. The van der Waals surface area contributed by atoms with Crippen LogP contribution in [0.15, 0.2) is 47.4 Å². The number of halogens is 3. The number of sulfonamides is 1. The number of aryl methyl sites for hydroxylation is 1. The van der Waals surface area contributed by atoms with Crippen LogP contribution in [0.5, 0.6) is 5.88 Å². The first-order valence-corrected chi connectivity index (χ1v) is 9.38. The van der Waals surface area contributed by atoms with Gasteiger partial charge in [0.15, 0.2) is 0 Å². The highest BCUT2D eigenvalue weighted by molar-refractivity contribution is 7.89. The molecule has 1 saturated heterocycles. The van der Waals surface area contributed by atoms with Gasteiger partial charge in [0.2, 0.25) is 15.9 Å². The molecule has 0 saturated carbocycles. The van der Waals surface area contributed by atoms with Gasteiger partial charge in [0, 0.05) is 18.3 Å². The summed E-state index contributed by atoms with van der Waals surface area (Å²) in [4.78, 5) is 3.83. The van der Waals surface area contributed by atoms with Crippen molar-refractivity contribution in [2.75, 3.05) is 13.1 Å². The number of ether oxygens (including phenoxy) is 1. The van der Waals surface area contributed by atoms with E-state index in [1.54, 1.807) is 12.1 Å². The molecule has 1 aliphatic heterocycles. The van der Waals surface area contributed by atoms with Gasteiger partial charge >= 0.3 is 6.18 Å². The summed E-state index contributed by atoms with van der Waals surface area (Å²) >= 11 is 0. The maximum atomic E-state index is 12.8. The second kappa shape index (κ2) is 6.88.